The van der Waals surface area contributed by atoms with E-state index in [1.807, 2.05) is 0 Å². The van der Waals surface area contributed by atoms with Crippen molar-refractivity contribution >= 4 is 11.9 Å². The number of cyclic esters (lactones) is 1. The number of hydrogen-bond acceptors (Lipinski definition) is 3. The monoisotopic (exact) mass is 381 g/mol. The highest BCUT2D eigenvalue weighted by Crippen LogP contribution is 2.55. The van der Waals surface area contributed by atoms with Crippen LogP contribution in [-0.4, -0.2) is 36.5 Å². The van der Waals surface area contributed by atoms with Gasteiger partial charge in [0.1, 0.15) is 0 Å². The van der Waals surface area contributed by atoms with Crippen molar-refractivity contribution < 1.29 is 14.3 Å². The Balaban J connectivity index is 1.16. The highest BCUT2D eigenvalue weighted by Gasteiger charge is 2.56. The molecule has 28 heavy (non-hydrogen) atoms. The van der Waals surface area contributed by atoms with Crippen molar-refractivity contribution in [2.45, 2.75) is 64.2 Å². The summed E-state index contributed by atoms with van der Waals surface area (Å²) in [6.45, 7) is 6.90. The van der Waals surface area contributed by atoms with Crippen LogP contribution in [0.2, 0.25) is 0 Å². The Morgan fingerprint density at radius 1 is 1.18 bits per heavy atom. The van der Waals surface area contributed by atoms with Crippen LogP contribution in [0.15, 0.2) is 24.3 Å². The van der Waals surface area contributed by atoms with Gasteiger partial charge in [0.15, 0.2) is 0 Å². The number of nitrogens with zero attached hydrogens (tertiary/aromatic N) is 1. The first-order valence-corrected chi connectivity index (χ1v) is 10.9. The molecule has 2 aliphatic carbocycles. The van der Waals surface area contributed by atoms with Gasteiger partial charge in [0.05, 0.1) is 13.0 Å². The fraction of sp³-hybridized carbons (Fsp3) is 0.667. The molecule has 0 bridgehead atoms. The predicted octanol–water partition coefficient (Wildman–Crippen LogP) is 4.25. The van der Waals surface area contributed by atoms with Gasteiger partial charge in [0, 0.05) is 29.8 Å². The number of ether oxygens (including phenoxy) is 1. The molecule has 1 amide bonds. The van der Waals surface area contributed by atoms with E-state index in [0.29, 0.717) is 36.2 Å². The molecule has 1 unspecified atom stereocenters. The van der Waals surface area contributed by atoms with E-state index < -0.39 is 0 Å². The van der Waals surface area contributed by atoms with Crippen LogP contribution in [-0.2, 0) is 14.3 Å². The third-order valence-corrected chi connectivity index (χ3v) is 7.88. The molecule has 0 N–H and O–H groups in total. The molecule has 5 rings (SSSR count). The van der Waals surface area contributed by atoms with E-state index in [4.69, 9.17) is 4.74 Å². The minimum atomic E-state index is -0.0904. The Morgan fingerprint density at radius 2 is 1.96 bits per heavy atom. The summed E-state index contributed by atoms with van der Waals surface area (Å²) < 4.78 is 5.13. The molecule has 4 aliphatic rings. The third-order valence-electron chi connectivity index (χ3n) is 7.88. The van der Waals surface area contributed by atoms with Gasteiger partial charge in [-0.1, -0.05) is 38.1 Å². The highest BCUT2D eigenvalue weighted by molar-refractivity contribution is 5.82. The first-order chi connectivity index (χ1) is 13.4. The Bertz CT molecular complexity index is 802. The maximum absolute atomic E-state index is 12.8. The van der Waals surface area contributed by atoms with Crippen molar-refractivity contribution in [3.63, 3.8) is 0 Å². The van der Waals surface area contributed by atoms with E-state index in [-0.39, 0.29) is 17.3 Å². The van der Waals surface area contributed by atoms with Gasteiger partial charge in [0.2, 0.25) is 5.91 Å². The van der Waals surface area contributed by atoms with Crippen molar-refractivity contribution in [2.75, 3.05) is 19.7 Å². The zero-order valence-electron chi connectivity index (χ0n) is 17.1. The van der Waals surface area contributed by atoms with Crippen LogP contribution in [0.1, 0.15) is 75.3 Å². The predicted molar refractivity (Wildman–Crippen MR) is 107 cm³/mol. The number of carbonyl (C=O) groups is 2. The van der Waals surface area contributed by atoms with Gasteiger partial charge in [-0.2, -0.15) is 0 Å². The van der Waals surface area contributed by atoms with Crippen LogP contribution < -0.4 is 0 Å². The van der Waals surface area contributed by atoms with E-state index >= 15 is 0 Å². The van der Waals surface area contributed by atoms with Crippen molar-refractivity contribution in [2.24, 2.45) is 16.7 Å². The molecule has 1 aromatic carbocycles. The van der Waals surface area contributed by atoms with E-state index in [1.54, 1.807) is 0 Å². The maximum atomic E-state index is 12.8. The summed E-state index contributed by atoms with van der Waals surface area (Å²) >= 11 is 0. The van der Waals surface area contributed by atoms with Gasteiger partial charge in [-0.3, -0.25) is 9.59 Å². The zero-order chi connectivity index (χ0) is 19.5. The first kappa shape index (κ1) is 18.2. The number of rotatable bonds is 3. The zero-order valence-corrected chi connectivity index (χ0v) is 17.1. The second kappa shape index (κ2) is 6.33. The summed E-state index contributed by atoms with van der Waals surface area (Å²) in [5.41, 5.74) is 3.25. The lowest BCUT2D eigenvalue weighted by molar-refractivity contribution is -0.155. The molecule has 4 fully saturated rings. The Morgan fingerprint density at radius 3 is 2.64 bits per heavy atom. The third kappa shape index (κ3) is 2.96. The summed E-state index contributed by atoms with van der Waals surface area (Å²) in [5.74, 6) is 1.56. The lowest BCUT2D eigenvalue weighted by atomic mass is 9.60. The van der Waals surface area contributed by atoms with Gasteiger partial charge in [-0.15, -0.1) is 0 Å². The molecule has 0 aromatic heterocycles. The molecule has 2 saturated heterocycles. The van der Waals surface area contributed by atoms with Crippen molar-refractivity contribution in [1.82, 2.24) is 4.90 Å². The number of benzene rings is 1. The average Bonchev–Trinajstić information content (AvgIpc) is 3.23. The van der Waals surface area contributed by atoms with Gasteiger partial charge in [0.25, 0.3) is 0 Å². The average molecular weight is 382 g/mol. The number of hydrogen-bond donors (Lipinski definition) is 0. The highest BCUT2D eigenvalue weighted by atomic mass is 16.5. The second-order valence-electron chi connectivity index (χ2n) is 10.4. The van der Waals surface area contributed by atoms with E-state index in [9.17, 15) is 9.59 Å². The summed E-state index contributed by atoms with van der Waals surface area (Å²) in [7, 11) is 0. The van der Waals surface area contributed by atoms with Crippen LogP contribution in [0.3, 0.4) is 0 Å². The van der Waals surface area contributed by atoms with Gasteiger partial charge < -0.3 is 9.64 Å². The fourth-order valence-corrected chi connectivity index (χ4v) is 6.19. The SMILES string of the molecule is CC(C)c1cccc(C2CCC3(C2)CN(C(=O)C2CC4(COC(=O)C4)C2)C3)c1. The van der Waals surface area contributed by atoms with E-state index in [2.05, 4.69) is 43.0 Å². The number of likely N-dealkylation sites (tertiary alicyclic amines) is 1. The second-order valence-corrected chi connectivity index (χ2v) is 10.4. The molecule has 2 heterocycles. The molecular formula is C24H31NO3. The molecule has 1 aromatic rings. The van der Waals surface area contributed by atoms with Gasteiger partial charge in [-0.25, -0.2) is 0 Å². The summed E-state index contributed by atoms with van der Waals surface area (Å²) in [4.78, 5) is 26.3. The standard InChI is InChI=1S/C24H31NO3/c1-16(2)17-4-3-5-18(8-17)19-6-7-23(9-19)13-25(14-23)22(27)20-10-24(11-20)12-21(26)28-15-24/h3-5,8,16,19-20H,6-7,9-15H2,1-2H3. The van der Waals surface area contributed by atoms with Crippen molar-refractivity contribution in [1.29, 1.82) is 0 Å². The Labute approximate surface area is 167 Å². The number of amides is 1. The van der Waals surface area contributed by atoms with Crippen LogP contribution in [0, 0.1) is 16.7 Å². The first-order valence-electron chi connectivity index (χ1n) is 10.9. The summed E-state index contributed by atoms with van der Waals surface area (Å²) in [6.07, 6.45) is 5.89. The fourth-order valence-electron chi connectivity index (χ4n) is 6.19. The smallest absolute Gasteiger partial charge is 0.306 e. The molecule has 0 radical (unpaired) electrons. The van der Waals surface area contributed by atoms with Crippen molar-refractivity contribution in [3.05, 3.63) is 35.4 Å². The lowest BCUT2D eigenvalue weighted by Crippen LogP contribution is -2.60. The number of esters is 1. The molecule has 2 saturated carbocycles. The molecule has 150 valence electrons. The Hall–Kier alpha value is -1.84. The molecule has 2 spiro atoms. The lowest BCUT2D eigenvalue weighted by Gasteiger charge is -2.52. The van der Waals surface area contributed by atoms with Crippen molar-refractivity contribution in [3.8, 4) is 0 Å². The molecule has 4 nitrogen and oxygen atoms in total. The minimum Gasteiger partial charge on any atom is -0.465 e. The molecular weight excluding hydrogens is 350 g/mol. The van der Waals surface area contributed by atoms with E-state index in [0.717, 1.165) is 25.9 Å². The Kier molecular flexibility index (Phi) is 4.12. The largest absolute Gasteiger partial charge is 0.465 e. The molecule has 2 aliphatic heterocycles. The quantitative estimate of drug-likeness (QED) is 0.736. The number of carbonyl (C=O) groups excluding carboxylic acids is 2. The van der Waals surface area contributed by atoms with E-state index in [1.165, 1.54) is 30.4 Å². The normalized spacial score (nSPS) is 33.2. The maximum Gasteiger partial charge on any atom is 0.306 e. The topological polar surface area (TPSA) is 46.6 Å². The van der Waals surface area contributed by atoms with Crippen LogP contribution in [0.5, 0.6) is 0 Å². The molecule has 1 atom stereocenters. The molecule has 4 heteroatoms. The van der Waals surface area contributed by atoms with Crippen LogP contribution in [0.4, 0.5) is 0 Å². The minimum absolute atomic E-state index is 0.0140. The van der Waals surface area contributed by atoms with Crippen LogP contribution >= 0.6 is 0 Å². The van der Waals surface area contributed by atoms with Gasteiger partial charge in [-0.05, 0) is 55.1 Å². The summed E-state index contributed by atoms with van der Waals surface area (Å²) in [6, 6.07) is 9.12. The van der Waals surface area contributed by atoms with Crippen LogP contribution in [0.25, 0.3) is 0 Å². The summed E-state index contributed by atoms with van der Waals surface area (Å²) in [5, 5.41) is 0. The van der Waals surface area contributed by atoms with Gasteiger partial charge >= 0.3 is 5.97 Å².